The number of nitrogens with zero attached hydrogens (tertiary/aromatic N) is 2. The summed E-state index contributed by atoms with van der Waals surface area (Å²) in [6, 6.07) is 9.22. The summed E-state index contributed by atoms with van der Waals surface area (Å²) in [6.45, 7) is 2.03. The van der Waals surface area contributed by atoms with Crippen molar-refractivity contribution in [2.24, 2.45) is 11.7 Å². The monoisotopic (exact) mass is 533 g/mol. The number of hydrogen-bond donors (Lipinski definition) is 1. The van der Waals surface area contributed by atoms with Gasteiger partial charge in [0.15, 0.2) is 0 Å². The SMILES string of the molecule is Cc1ccc(-c2oc3nc(N(CCCCS(C)(=O)=O)S(C)(=O)=O)c(CC4CC4)cc3c2C(N)=O)cc1. The molecule has 1 aromatic carbocycles. The Hall–Kier alpha value is -2.92. The first-order valence-corrected chi connectivity index (χ1v) is 15.7. The fraction of sp³-hybridized carbons (Fsp3) is 0.440. The number of fused-ring (bicyclic) bond motifs is 1. The lowest BCUT2D eigenvalue weighted by Gasteiger charge is -2.24. The van der Waals surface area contributed by atoms with E-state index < -0.39 is 25.8 Å². The maximum absolute atomic E-state index is 12.8. The van der Waals surface area contributed by atoms with Gasteiger partial charge in [-0.25, -0.2) is 16.8 Å². The Morgan fingerprint density at radius 1 is 1.11 bits per heavy atom. The van der Waals surface area contributed by atoms with Crippen LogP contribution in [0.25, 0.3) is 22.4 Å². The number of sulfonamides is 1. The van der Waals surface area contributed by atoms with E-state index in [-0.39, 0.29) is 29.4 Å². The third kappa shape index (κ3) is 6.07. The maximum Gasteiger partial charge on any atom is 0.253 e. The quantitative estimate of drug-likeness (QED) is 0.372. The third-order valence-corrected chi connectivity index (χ3v) is 8.45. The third-order valence-electron chi connectivity index (χ3n) is 6.27. The highest BCUT2D eigenvalue weighted by atomic mass is 32.2. The molecule has 2 aromatic heterocycles. The summed E-state index contributed by atoms with van der Waals surface area (Å²) >= 11 is 0. The number of anilines is 1. The van der Waals surface area contributed by atoms with Crippen molar-refractivity contribution in [3.8, 4) is 11.3 Å². The molecule has 36 heavy (non-hydrogen) atoms. The minimum absolute atomic E-state index is 0.0218. The van der Waals surface area contributed by atoms with Crippen LogP contribution in [-0.4, -0.2) is 52.5 Å². The number of aryl methyl sites for hydroxylation is 1. The number of unbranched alkanes of at least 4 members (excludes halogenated alkanes) is 1. The van der Waals surface area contributed by atoms with Crippen molar-refractivity contribution < 1.29 is 26.0 Å². The van der Waals surface area contributed by atoms with E-state index in [4.69, 9.17) is 10.2 Å². The second kappa shape index (κ2) is 9.85. The van der Waals surface area contributed by atoms with Crippen molar-refractivity contribution >= 4 is 42.7 Å². The summed E-state index contributed by atoms with van der Waals surface area (Å²) < 4.78 is 55.9. The average Bonchev–Trinajstić information content (AvgIpc) is 3.50. The van der Waals surface area contributed by atoms with Gasteiger partial charge in [-0.05, 0) is 56.6 Å². The molecule has 0 saturated heterocycles. The number of furan rings is 1. The molecular weight excluding hydrogens is 502 g/mol. The number of rotatable bonds is 11. The van der Waals surface area contributed by atoms with Crippen LogP contribution in [-0.2, 0) is 26.3 Å². The van der Waals surface area contributed by atoms with Crippen molar-refractivity contribution in [2.45, 2.75) is 39.0 Å². The molecule has 1 fully saturated rings. The van der Waals surface area contributed by atoms with Crippen molar-refractivity contribution in [2.75, 3.05) is 29.1 Å². The fourth-order valence-electron chi connectivity index (χ4n) is 4.26. The van der Waals surface area contributed by atoms with Crippen LogP contribution in [0.2, 0.25) is 0 Å². The zero-order chi connectivity index (χ0) is 26.3. The molecule has 9 nitrogen and oxygen atoms in total. The van der Waals surface area contributed by atoms with Crippen LogP contribution in [0, 0.1) is 12.8 Å². The number of carbonyl (C=O) groups excluding carboxylic acids is 1. The van der Waals surface area contributed by atoms with Gasteiger partial charge in [0.05, 0.1) is 17.2 Å². The molecule has 0 aliphatic heterocycles. The van der Waals surface area contributed by atoms with Gasteiger partial charge in [0.25, 0.3) is 5.91 Å². The van der Waals surface area contributed by atoms with Gasteiger partial charge in [0, 0.05) is 24.1 Å². The van der Waals surface area contributed by atoms with Gasteiger partial charge in [0.1, 0.15) is 21.4 Å². The summed E-state index contributed by atoms with van der Waals surface area (Å²) in [7, 11) is -6.88. The number of pyridine rings is 1. The number of amides is 1. The van der Waals surface area contributed by atoms with Crippen LogP contribution in [0.1, 0.15) is 47.2 Å². The number of carbonyl (C=O) groups is 1. The first-order chi connectivity index (χ1) is 16.8. The lowest BCUT2D eigenvalue weighted by Crippen LogP contribution is -2.33. The maximum atomic E-state index is 12.8. The van der Waals surface area contributed by atoms with Crippen LogP contribution in [0.15, 0.2) is 34.7 Å². The molecule has 4 rings (SSSR count). The standard InChI is InChI=1S/C25H31N3O6S2/c1-16-6-10-18(11-7-16)22-21(23(26)29)20-15-19(14-17-8-9-17)24(27-25(20)34-22)28(36(3,32)33)12-4-5-13-35(2,30)31/h6-7,10-11,15,17H,4-5,8-9,12-14H2,1-3H3,(H2,26,29). The highest BCUT2D eigenvalue weighted by Gasteiger charge is 2.30. The van der Waals surface area contributed by atoms with Crippen molar-refractivity contribution in [1.29, 1.82) is 0 Å². The van der Waals surface area contributed by atoms with E-state index in [0.29, 0.717) is 47.5 Å². The van der Waals surface area contributed by atoms with Crippen molar-refractivity contribution in [1.82, 2.24) is 4.98 Å². The molecule has 1 saturated carbocycles. The van der Waals surface area contributed by atoms with Gasteiger partial charge < -0.3 is 10.2 Å². The molecule has 0 radical (unpaired) electrons. The van der Waals surface area contributed by atoms with Crippen LogP contribution < -0.4 is 10.0 Å². The summed E-state index contributed by atoms with van der Waals surface area (Å²) in [5.74, 6) is 0.272. The summed E-state index contributed by atoms with van der Waals surface area (Å²) in [6.07, 6.45) is 5.61. The molecule has 0 bridgehead atoms. The average molecular weight is 534 g/mol. The zero-order valence-electron chi connectivity index (χ0n) is 20.7. The molecule has 1 amide bonds. The Balaban J connectivity index is 1.83. The van der Waals surface area contributed by atoms with Crippen molar-refractivity contribution in [3.63, 3.8) is 0 Å². The minimum Gasteiger partial charge on any atom is -0.437 e. The van der Waals surface area contributed by atoms with E-state index in [2.05, 4.69) is 4.98 Å². The van der Waals surface area contributed by atoms with E-state index in [9.17, 15) is 21.6 Å². The lowest BCUT2D eigenvalue weighted by atomic mass is 10.0. The largest absolute Gasteiger partial charge is 0.437 e. The highest BCUT2D eigenvalue weighted by molar-refractivity contribution is 7.92. The van der Waals surface area contributed by atoms with Gasteiger partial charge in [-0.1, -0.05) is 29.8 Å². The van der Waals surface area contributed by atoms with Crippen LogP contribution in [0.4, 0.5) is 5.82 Å². The molecule has 2 heterocycles. The van der Waals surface area contributed by atoms with Crippen LogP contribution in [0.3, 0.4) is 0 Å². The number of aromatic nitrogens is 1. The normalized spacial score (nSPS) is 14.3. The molecule has 11 heteroatoms. The molecule has 0 unspecified atom stereocenters. The highest BCUT2D eigenvalue weighted by Crippen LogP contribution is 2.39. The Kier molecular flexibility index (Phi) is 7.16. The molecule has 1 aliphatic rings. The molecule has 1 aliphatic carbocycles. The molecule has 194 valence electrons. The number of hydrogen-bond acceptors (Lipinski definition) is 7. The Morgan fingerprint density at radius 3 is 2.33 bits per heavy atom. The predicted molar refractivity (Wildman–Crippen MR) is 140 cm³/mol. The number of nitrogens with two attached hydrogens (primary N) is 1. The van der Waals surface area contributed by atoms with Crippen LogP contribution >= 0.6 is 0 Å². The molecular formula is C25H31N3O6S2. The number of sulfone groups is 1. The topological polar surface area (TPSA) is 141 Å². The minimum atomic E-state index is -3.73. The second-order valence-electron chi connectivity index (χ2n) is 9.68. The first-order valence-electron chi connectivity index (χ1n) is 11.8. The summed E-state index contributed by atoms with van der Waals surface area (Å²) in [4.78, 5) is 17.1. The fourth-order valence-corrected chi connectivity index (χ4v) is 5.92. The summed E-state index contributed by atoms with van der Waals surface area (Å²) in [5.41, 5.74) is 8.49. The molecule has 0 spiro atoms. The van der Waals surface area contributed by atoms with Crippen molar-refractivity contribution in [3.05, 3.63) is 47.0 Å². The Morgan fingerprint density at radius 2 is 1.78 bits per heavy atom. The van der Waals surface area contributed by atoms with Gasteiger partial charge in [0.2, 0.25) is 15.7 Å². The van der Waals surface area contributed by atoms with E-state index in [1.807, 2.05) is 31.2 Å². The second-order valence-corrected chi connectivity index (χ2v) is 13.8. The predicted octanol–water partition coefficient (Wildman–Crippen LogP) is 3.45. The zero-order valence-corrected chi connectivity index (χ0v) is 22.3. The van der Waals surface area contributed by atoms with Gasteiger partial charge in [-0.15, -0.1) is 0 Å². The lowest BCUT2D eigenvalue weighted by molar-refractivity contribution is 0.100. The summed E-state index contributed by atoms with van der Waals surface area (Å²) in [5, 5.41) is 0.447. The van der Waals surface area contributed by atoms with Gasteiger partial charge in [-0.3, -0.25) is 9.10 Å². The van der Waals surface area contributed by atoms with E-state index in [1.165, 1.54) is 4.31 Å². The smallest absolute Gasteiger partial charge is 0.253 e. The van der Waals surface area contributed by atoms with Crippen LogP contribution in [0.5, 0.6) is 0 Å². The van der Waals surface area contributed by atoms with Gasteiger partial charge in [-0.2, -0.15) is 4.98 Å². The molecule has 3 aromatic rings. The first kappa shape index (κ1) is 26.2. The molecule has 2 N–H and O–H groups in total. The van der Waals surface area contributed by atoms with E-state index >= 15 is 0 Å². The number of benzene rings is 1. The molecule has 0 atom stereocenters. The van der Waals surface area contributed by atoms with Gasteiger partial charge >= 0.3 is 0 Å². The van der Waals surface area contributed by atoms with E-state index in [1.54, 1.807) is 6.07 Å². The van der Waals surface area contributed by atoms with E-state index in [0.717, 1.165) is 30.9 Å². The Bertz CT molecular complexity index is 1510. The Labute approximate surface area is 211 Å². The number of primary amides is 1.